The largest absolute Gasteiger partial charge is 0.508 e. The van der Waals surface area contributed by atoms with Crippen LogP contribution >= 0.6 is 23.2 Å². The molecule has 0 atom stereocenters. The minimum absolute atomic E-state index is 0.000639. The van der Waals surface area contributed by atoms with Gasteiger partial charge in [-0.3, -0.25) is 19.4 Å². The van der Waals surface area contributed by atoms with Crippen LogP contribution in [-0.4, -0.2) is 65.3 Å². The average Bonchev–Trinajstić information content (AvgIpc) is 3.27. The number of amides is 2. The van der Waals surface area contributed by atoms with Crippen LogP contribution in [0.1, 0.15) is 66.4 Å². The molecule has 0 aromatic heterocycles. The van der Waals surface area contributed by atoms with Crippen molar-refractivity contribution in [3.63, 3.8) is 0 Å². The number of nitrogens with zero attached hydrogens (tertiary/aromatic N) is 1. The number of aromatic hydroxyl groups is 1. The highest BCUT2D eigenvalue weighted by Crippen LogP contribution is 2.48. The van der Waals surface area contributed by atoms with E-state index in [1.165, 1.54) is 54.6 Å². The Kier molecular flexibility index (Phi) is 12.3. The molecule has 0 bridgehead atoms. The molecular weight excluding hydrogens is 887 g/mol. The topological polar surface area (TPSA) is 221 Å². The smallest absolute Gasteiger partial charge is 0.337 e. The average molecular weight is 928 g/mol. The van der Waals surface area contributed by atoms with E-state index < -0.39 is 29.3 Å². The van der Waals surface area contributed by atoms with Crippen molar-refractivity contribution in [1.29, 1.82) is 0 Å². The maximum Gasteiger partial charge on any atom is 0.337 e. The van der Waals surface area contributed by atoms with Crippen molar-refractivity contribution in [3.05, 3.63) is 144 Å². The molecule has 0 saturated carbocycles. The van der Waals surface area contributed by atoms with E-state index in [0.717, 1.165) is 16.8 Å². The minimum Gasteiger partial charge on any atom is -0.508 e. The van der Waals surface area contributed by atoms with Crippen LogP contribution in [0.25, 0.3) is 66.8 Å². The zero-order chi connectivity index (χ0) is 47.1. The maximum absolute atomic E-state index is 13.7. The van der Waals surface area contributed by atoms with Crippen molar-refractivity contribution >= 4 is 74.6 Å². The lowest BCUT2D eigenvalue weighted by atomic mass is 9.88. The number of aryl methyl sites for hydroxylation is 2. The molecule has 6 N–H and O–H groups in total. The SMILES string of the molecule is CC/N=c1/cc2oc3cc(NCC)c(C)cc3c(-c3c(Cl)cc(C(=O)NCCNC(=O)c4ccc(-c5c6ccc(=O)cc-6oc6cc(O)ccc56)c(C(=O)O)c4)c(Cl)c3C(=O)O)c-2cc1C. The van der Waals surface area contributed by atoms with Gasteiger partial charge in [-0.1, -0.05) is 29.3 Å². The molecule has 2 aliphatic heterocycles. The fourth-order valence-corrected chi connectivity index (χ4v) is 8.81. The number of benzene rings is 6. The van der Waals surface area contributed by atoms with E-state index in [4.69, 9.17) is 32.0 Å². The van der Waals surface area contributed by atoms with Gasteiger partial charge in [0.15, 0.2) is 5.43 Å². The van der Waals surface area contributed by atoms with Gasteiger partial charge in [0.1, 0.15) is 28.4 Å². The molecule has 0 spiro atoms. The van der Waals surface area contributed by atoms with E-state index in [0.29, 0.717) is 62.8 Å². The summed E-state index contributed by atoms with van der Waals surface area (Å²) in [5.41, 5.74) is 4.16. The number of hydrogen-bond donors (Lipinski definition) is 6. The minimum atomic E-state index is -1.43. The lowest BCUT2D eigenvalue weighted by molar-refractivity contribution is 0.0686. The van der Waals surface area contributed by atoms with Gasteiger partial charge in [0.25, 0.3) is 11.8 Å². The lowest BCUT2D eigenvalue weighted by Crippen LogP contribution is -2.35. The Hall–Kier alpha value is -7.68. The molecule has 4 aromatic rings. The van der Waals surface area contributed by atoms with Gasteiger partial charge in [0, 0.05) is 100 Å². The summed E-state index contributed by atoms with van der Waals surface area (Å²) < 4.78 is 12.3. The van der Waals surface area contributed by atoms with Crippen molar-refractivity contribution in [2.45, 2.75) is 27.7 Å². The van der Waals surface area contributed by atoms with Gasteiger partial charge >= 0.3 is 11.9 Å². The van der Waals surface area contributed by atoms with Crippen LogP contribution < -0.4 is 26.7 Å². The van der Waals surface area contributed by atoms with Crippen molar-refractivity contribution in [3.8, 4) is 50.7 Å². The summed E-state index contributed by atoms with van der Waals surface area (Å²) in [6.07, 6.45) is 0. The molecule has 66 heavy (non-hydrogen) atoms. The van der Waals surface area contributed by atoms with Gasteiger partial charge in [-0.05, 0) is 99.0 Å². The Labute approximate surface area is 385 Å². The normalized spacial score (nSPS) is 11.7. The van der Waals surface area contributed by atoms with E-state index in [2.05, 4.69) is 20.9 Å². The fourth-order valence-electron chi connectivity index (χ4n) is 8.20. The van der Waals surface area contributed by atoms with Crippen LogP contribution in [-0.2, 0) is 0 Å². The Morgan fingerprint density at radius 2 is 1.36 bits per heavy atom. The van der Waals surface area contributed by atoms with Crippen LogP contribution in [0.2, 0.25) is 10.0 Å². The molecule has 16 heteroatoms. The number of aromatic carboxylic acids is 2. The molecule has 0 radical (unpaired) electrons. The molecule has 2 heterocycles. The second-order valence-corrected chi connectivity index (χ2v) is 16.2. The monoisotopic (exact) mass is 926 g/mol. The molecule has 14 nitrogen and oxygen atoms in total. The number of phenolic OH excluding ortho intramolecular Hbond substituents is 1. The van der Waals surface area contributed by atoms with Gasteiger partial charge < -0.3 is 40.1 Å². The highest BCUT2D eigenvalue weighted by molar-refractivity contribution is 6.41. The zero-order valence-electron chi connectivity index (χ0n) is 35.8. The third kappa shape index (κ3) is 8.28. The fraction of sp³-hybridized carbons (Fsp3) is 0.160. The first kappa shape index (κ1) is 44.9. The Morgan fingerprint density at radius 1 is 0.667 bits per heavy atom. The number of carboxylic acid groups (broad SMARTS) is 2. The van der Waals surface area contributed by atoms with Gasteiger partial charge in [-0.25, -0.2) is 9.59 Å². The Bertz CT molecular complexity index is 3410. The first-order valence-corrected chi connectivity index (χ1v) is 21.5. The molecule has 8 rings (SSSR count). The molecular formula is C50H40Cl2N4O10. The summed E-state index contributed by atoms with van der Waals surface area (Å²) in [4.78, 5) is 69.7. The van der Waals surface area contributed by atoms with Gasteiger partial charge in [-0.15, -0.1) is 0 Å². The number of carbonyl (C=O) groups is 4. The van der Waals surface area contributed by atoms with Crippen molar-refractivity contribution in [2.75, 3.05) is 31.5 Å². The van der Waals surface area contributed by atoms with E-state index in [-0.39, 0.29) is 73.5 Å². The number of nitrogens with one attached hydrogen (secondary N) is 3. The van der Waals surface area contributed by atoms with Crippen molar-refractivity contribution in [2.24, 2.45) is 4.99 Å². The van der Waals surface area contributed by atoms with Crippen LogP contribution in [0.5, 0.6) is 5.75 Å². The molecule has 4 aromatic carbocycles. The molecule has 334 valence electrons. The summed E-state index contributed by atoms with van der Waals surface area (Å²) in [6, 6.07) is 21.3. The highest BCUT2D eigenvalue weighted by Gasteiger charge is 2.30. The number of carboxylic acids is 2. The second-order valence-electron chi connectivity index (χ2n) is 15.4. The summed E-state index contributed by atoms with van der Waals surface area (Å²) in [6.45, 7) is 8.61. The number of carbonyl (C=O) groups excluding carboxylic acids is 2. The zero-order valence-corrected chi connectivity index (χ0v) is 37.3. The molecule has 2 aliphatic carbocycles. The molecule has 0 fully saturated rings. The van der Waals surface area contributed by atoms with Crippen LogP contribution in [0.3, 0.4) is 0 Å². The third-order valence-corrected chi connectivity index (χ3v) is 11.8. The predicted molar refractivity (Wildman–Crippen MR) is 253 cm³/mol. The van der Waals surface area contributed by atoms with E-state index >= 15 is 0 Å². The van der Waals surface area contributed by atoms with Crippen LogP contribution in [0.4, 0.5) is 5.69 Å². The summed E-state index contributed by atoms with van der Waals surface area (Å²) in [7, 11) is 0. The third-order valence-electron chi connectivity index (χ3n) is 11.2. The summed E-state index contributed by atoms with van der Waals surface area (Å²) >= 11 is 13.9. The molecule has 2 amide bonds. The number of anilines is 1. The van der Waals surface area contributed by atoms with Gasteiger partial charge in [0.2, 0.25) is 0 Å². The number of halogens is 2. The first-order valence-electron chi connectivity index (χ1n) is 20.8. The van der Waals surface area contributed by atoms with E-state index in [1.54, 1.807) is 12.1 Å². The number of fused-ring (bicyclic) bond motifs is 4. The Morgan fingerprint density at radius 3 is 2.06 bits per heavy atom. The molecule has 0 unspecified atom stereocenters. The second kappa shape index (κ2) is 18.1. The lowest BCUT2D eigenvalue weighted by Gasteiger charge is -2.21. The highest BCUT2D eigenvalue weighted by atomic mass is 35.5. The Balaban J connectivity index is 1.08. The first-order chi connectivity index (χ1) is 31.6. The predicted octanol–water partition coefficient (Wildman–Crippen LogP) is 9.62. The summed E-state index contributed by atoms with van der Waals surface area (Å²) in [5.74, 6) is -3.67. The van der Waals surface area contributed by atoms with Gasteiger partial charge in [-0.2, -0.15) is 0 Å². The number of hydrogen-bond acceptors (Lipinski definition) is 10. The van der Waals surface area contributed by atoms with Crippen LogP contribution in [0.15, 0.2) is 104 Å². The standard InChI is InChI=1S/C50H40Cl2N4O10/c1-5-53-36-21-40-32(15-23(36)3)43(33-16-24(4)37(54-6-2)22-41(33)66-40)44-35(51)20-34(46(52)45(44)50(63)64)48(60)56-14-13-55-47(59)25-7-10-28(31(17-25)49(61)62)42-29-11-8-26(57)18-38(29)65-39-19-27(58)9-12-30(39)42/h7-12,15-22,53,57H,5-6,13-14H2,1-4H3,(H,55,59)(H,56,60)(H,61,62)(H,63,64)/b54-37-. The number of rotatable bonds is 12. The van der Waals surface area contributed by atoms with Gasteiger partial charge in [0.05, 0.1) is 32.1 Å². The van der Waals surface area contributed by atoms with E-state index in [1.807, 2.05) is 45.9 Å². The maximum atomic E-state index is 13.7. The molecule has 0 saturated heterocycles. The van der Waals surface area contributed by atoms with Crippen LogP contribution in [0, 0.1) is 13.8 Å². The van der Waals surface area contributed by atoms with E-state index in [9.17, 15) is 39.3 Å². The summed E-state index contributed by atoms with van der Waals surface area (Å²) in [5, 5.41) is 41.1. The quantitative estimate of drug-likeness (QED) is 0.0500. The molecule has 4 aliphatic rings. The van der Waals surface area contributed by atoms with Crippen molar-refractivity contribution < 1.29 is 43.3 Å². The van der Waals surface area contributed by atoms with Crippen molar-refractivity contribution in [1.82, 2.24) is 10.6 Å². The number of phenols is 1.